The number of amides is 2. The Hall–Kier alpha value is -2.68. The van der Waals surface area contributed by atoms with Crippen molar-refractivity contribution in [2.45, 2.75) is 12.1 Å². The number of aromatic hydroxyl groups is 1. The van der Waals surface area contributed by atoms with Crippen molar-refractivity contribution in [1.82, 2.24) is 0 Å². The molecule has 0 radical (unpaired) electrons. The Kier molecular flexibility index (Phi) is 5.08. The van der Waals surface area contributed by atoms with E-state index in [1.54, 1.807) is 47.5 Å². The lowest BCUT2D eigenvalue weighted by atomic mass is 9.90. The Balaban J connectivity index is 1.62. The summed E-state index contributed by atoms with van der Waals surface area (Å²) in [4.78, 5) is 34.0. The van der Waals surface area contributed by atoms with E-state index in [-0.39, 0.29) is 11.7 Å². The van der Waals surface area contributed by atoms with Crippen LogP contribution in [0.4, 0.5) is 11.4 Å². The maximum absolute atomic E-state index is 13.5. The number of hydrogen-bond acceptors (Lipinski definition) is 5. The third-order valence-electron chi connectivity index (χ3n) is 5.52. The number of imide groups is 1. The Bertz CT molecular complexity index is 1170. The number of carbonyl (C=O) groups is 2. The van der Waals surface area contributed by atoms with Crippen LogP contribution in [0.5, 0.6) is 5.75 Å². The van der Waals surface area contributed by atoms with Crippen molar-refractivity contribution in [1.29, 1.82) is 0 Å². The van der Waals surface area contributed by atoms with Gasteiger partial charge in [-0.2, -0.15) is 0 Å². The lowest BCUT2D eigenvalue weighted by Crippen LogP contribution is -2.37. The molecule has 0 saturated carbocycles. The number of para-hydroxylation sites is 1. The SMILES string of the molecule is O=C1[C@H]2[C@H](ON(c3ccccc3)[C@H]2c2cc(Br)ccc2O)C(=O)N1c1ccc(Br)cc1. The van der Waals surface area contributed by atoms with Gasteiger partial charge in [-0.1, -0.05) is 50.1 Å². The van der Waals surface area contributed by atoms with Crippen molar-refractivity contribution in [3.8, 4) is 5.75 Å². The summed E-state index contributed by atoms with van der Waals surface area (Å²) in [5.74, 6) is -1.56. The molecule has 3 aromatic rings. The summed E-state index contributed by atoms with van der Waals surface area (Å²) in [6, 6.07) is 20.6. The number of phenolic OH excluding ortho intramolecular Hbond substituents is 1. The Morgan fingerprint density at radius 1 is 0.806 bits per heavy atom. The smallest absolute Gasteiger partial charge is 0.266 e. The maximum Gasteiger partial charge on any atom is 0.266 e. The molecule has 2 aliphatic heterocycles. The Morgan fingerprint density at radius 3 is 2.19 bits per heavy atom. The molecule has 5 rings (SSSR count). The molecule has 6 nitrogen and oxygen atoms in total. The second-order valence-corrected chi connectivity index (χ2v) is 9.18. The van der Waals surface area contributed by atoms with Gasteiger partial charge in [0.2, 0.25) is 5.91 Å². The fourth-order valence-corrected chi connectivity index (χ4v) is 4.78. The Labute approximate surface area is 195 Å². The fraction of sp³-hybridized carbons (Fsp3) is 0.130. The predicted molar refractivity (Wildman–Crippen MR) is 122 cm³/mol. The molecule has 2 fully saturated rings. The highest BCUT2D eigenvalue weighted by molar-refractivity contribution is 9.10. The average Bonchev–Trinajstić information content (AvgIpc) is 3.28. The number of benzene rings is 3. The zero-order valence-corrected chi connectivity index (χ0v) is 19.2. The second kappa shape index (κ2) is 7.78. The molecule has 2 heterocycles. The minimum atomic E-state index is -0.986. The van der Waals surface area contributed by atoms with Crippen LogP contribution in [-0.4, -0.2) is 23.0 Å². The summed E-state index contributed by atoms with van der Waals surface area (Å²) in [5.41, 5.74) is 1.68. The fourth-order valence-electron chi connectivity index (χ4n) is 4.14. The summed E-state index contributed by atoms with van der Waals surface area (Å²) >= 11 is 6.81. The van der Waals surface area contributed by atoms with E-state index in [4.69, 9.17) is 4.84 Å². The molecule has 0 unspecified atom stereocenters. The molecule has 2 saturated heterocycles. The average molecular weight is 544 g/mol. The first-order chi connectivity index (χ1) is 15.0. The number of hydrogen-bond donors (Lipinski definition) is 1. The molecule has 156 valence electrons. The second-order valence-electron chi connectivity index (χ2n) is 7.35. The van der Waals surface area contributed by atoms with Crippen molar-refractivity contribution in [3.63, 3.8) is 0 Å². The predicted octanol–water partition coefficient (Wildman–Crippen LogP) is 4.97. The number of halogens is 2. The molecule has 8 heteroatoms. The van der Waals surface area contributed by atoms with Crippen LogP contribution in [0.3, 0.4) is 0 Å². The number of fused-ring (bicyclic) bond motifs is 1. The van der Waals surface area contributed by atoms with Crippen molar-refractivity contribution >= 4 is 55.0 Å². The number of nitrogens with zero attached hydrogens (tertiary/aromatic N) is 2. The summed E-state index contributed by atoms with van der Waals surface area (Å²) < 4.78 is 1.59. The molecule has 0 aliphatic carbocycles. The van der Waals surface area contributed by atoms with E-state index in [1.807, 2.05) is 30.3 Å². The van der Waals surface area contributed by atoms with Gasteiger partial charge in [-0.3, -0.25) is 14.4 Å². The van der Waals surface area contributed by atoms with E-state index in [0.717, 1.165) is 8.95 Å². The van der Waals surface area contributed by atoms with Gasteiger partial charge in [-0.15, -0.1) is 0 Å². The normalized spacial score (nSPS) is 22.8. The maximum atomic E-state index is 13.5. The van der Waals surface area contributed by atoms with Gasteiger partial charge in [0.1, 0.15) is 11.7 Å². The van der Waals surface area contributed by atoms with Gasteiger partial charge < -0.3 is 5.11 Å². The summed E-state index contributed by atoms with van der Waals surface area (Å²) in [6.07, 6.45) is -0.986. The lowest BCUT2D eigenvalue weighted by Gasteiger charge is -2.29. The summed E-state index contributed by atoms with van der Waals surface area (Å²) in [6.45, 7) is 0. The van der Waals surface area contributed by atoms with E-state index in [0.29, 0.717) is 16.9 Å². The van der Waals surface area contributed by atoms with Crippen LogP contribution in [0.15, 0.2) is 81.7 Å². The van der Waals surface area contributed by atoms with Gasteiger partial charge in [-0.25, -0.2) is 9.96 Å². The van der Waals surface area contributed by atoms with Gasteiger partial charge in [0.05, 0.1) is 17.4 Å². The summed E-state index contributed by atoms with van der Waals surface area (Å²) in [7, 11) is 0. The standard InChI is InChI=1S/C23H16Br2N2O4/c24-13-6-9-15(10-7-13)26-22(29)19-20(17-12-14(25)8-11-18(17)28)27(31-21(19)23(26)30)16-4-2-1-3-5-16/h1-12,19-21,28H/t19-,20+,21+/m1/s1. The van der Waals surface area contributed by atoms with Crippen LogP contribution in [0.1, 0.15) is 11.6 Å². The molecule has 0 bridgehead atoms. The number of phenols is 1. The topological polar surface area (TPSA) is 70.1 Å². The van der Waals surface area contributed by atoms with Gasteiger partial charge in [0.15, 0.2) is 6.10 Å². The van der Waals surface area contributed by atoms with Crippen LogP contribution in [0, 0.1) is 5.92 Å². The molecule has 2 amide bonds. The molecular weight excluding hydrogens is 528 g/mol. The highest BCUT2D eigenvalue weighted by atomic mass is 79.9. The lowest BCUT2D eigenvalue weighted by molar-refractivity contribution is -0.126. The first kappa shape index (κ1) is 20.2. The molecule has 1 N–H and O–H groups in total. The molecular formula is C23H16Br2N2O4. The monoisotopic (exact) mass is 542 g/mol. The van der Waals surface area contributed by atoms with Gasteiger partial charge in [-0.05, 0) is 54.6 Å². The molecule has 0 aromatic heterocycles. The quantitative estimate of drug-likeness (QED) is 0.472. The highest BCUT2D eigenvalue weighted by Gasteiger charge is 2.60. The van der Waals surface area contributed by atoms with E-state index >= 15 is 0 Å². The molecule has 3 aromatic carbocycles. The van der Waals surface area contributed by atoms with Crippen LogP contribution in [-0.2, 0) is 14.4 Å². The van der Waals surface area contributed by atoms with Crippen molar-refractivity contribution < 1.29 is 19.5 Å². The van der Waals surface area contributed by atoms with Crippen molar-refractivity contribution in [3.05, 3.63) is 87.3 Å². The third-order valence-corrected chi connectivity index (χ3v) is 6.54. The largest absolute Gasteiger partial charge is 0.508 e. The van der Waals surface area contributed by atoms with Crippen molar-refractivity contribution in [2.24, 2.45) is 5.92 Å². The molecule has 2 aliphatic rings. The number of hydroxylamine groups is 1. The Morgan fingerprint density at radius 2 is 1.48 bits per heavy atom. The first-order valence-electron chi connectivity index (χ1n) is 9.58. The van der Waals surface area contributed by atoms with Crippen LogP contribution in [0.25, 0.3) is 0 Å². The summed E-state index contributed by atoms with van der Waals surface area (Å²) in [5, 5.41) is 12.2. The minimum absolute atomic E-state index is 0.0284. The zero-order valence-electron chi connectivity index (χ0n) is 16.0. The zero-order chi connectivity index (χ0) is 21.7. The van der Waals surface area contributed by atoms with Crippen LogP contribution in [0.2, 0.25) is 0 Å². The minimum Gasteiger partial charge on any atom is -0.508 e. The van der Waals surface area contributed by atoms with E-state index in [2.05, 4.69) is 31.9 Å². The van der Waals surface area contributed by atoms with Crippen LogP contribution >= 0.6 is 31.9 Å². The van der Waals surface area contributed by atoms with E-state index in [1.165, 1.54) is 4.90 Å². The first-order valence-corrected chi connectivity index (χ1v) is 11.2. The molecule has 3 atom stereocenters. The molecule has 31 heavy (non-hydrogen) atoms. The van der Waals surface area contributed by atoms with Gasteiger partial charge in [0, 0.05) is 14.5 Å². The highest BCUT2D eigenvalue weighted by Crippen LogP contribution is 2.49. The van der Waals surface area contributed by atoms with Crippen LogP contribution < -0.4 is 9.96 Å². The van der Waals surface area contributed by atoms with E-state index < -0.39 is 24.0 Å². The number of carbonyl (C=O) groups excluding carboxylic acids is 2. The van der Waals surface area contributed by atoms with Crippen molar-refractivity contribution in [2.75, 3.05) is 9.96 Å². The number of anilines is 2. The van der Waals surface area contributed by atoms with Gasteiger partial charge >= 0.3 is 0 Å². The number of rotatable bonds is 3. The third kappa shape index (κ3) is 3.35. The van der Waals surface area contributed by atoms with E-state index in [9.17, 15) is 14.7 Å². The molecule has 0 spiro atoms. The van der Waals surface area contributed by atoms with Gasteiger partial charge in [0.25, 0.3) is 5.91 Å².